The van der Waals surface area contributed by atoms with Crippen molar-refractivity contribution in [3.63, 3.8) is 0 Å². The van der Waals surface area contributed by atoms with Crippen LogP contribution in [0.25, 0.3) is 0 Å². The van der Waals surface area contributed by atoms with E-state index in [1.807, 2.05) is 0 Å². The summed E-state index contributed by atoms with van der Waals surface area (Å²) < 4.78 is 0. The third-order valence-corrected chi connectivity index (χ3v) is 1.88. The van der Waals surface area contributed by atoms with E-state index in [0.717, 1.165) is 11.1 Å². The van der Waals surface area contributed by atoms with E-state index in [1.54, 1.807) is 24.4 Å². The van der Waals surface area contributed by atoms with Gasteiger partial charge in [-0.05, 0) is 23.3 Å². The molecule has 0 saturated carbocycles. The highest BCUT2D eigenvalue weighted by Gasteiger charge is 2.09. The van der Waals surface area contributed by atoms with Crippen molar-refractivity contribution in [1.29, 1.82) is 0 Å². The lowest BCUT2D eigenvalue weighted by Gasteiger charge is -1.98. The monoisotopic (exact) mass is 161 g/mol. The molecule has 1 aromatic carbocycles. The van der Waals surface area contributed by atoms with E-state index >= 15 is 0 Å². The first kappa shape index (κ1) is 7.03. The second-order valence-corrected chi connectivity index (χ2v) is 2.69. The maximum absolute atomic E-state index is 10.6. The number of nitrogens with zero attached hydrogens (tertiary/aromatic N) is 1. The van der Waals surface area contributed by atoms with Gasteiger partial charge in [-0.3, -0.25) is 4.99 Å². The molecule has 1 aliphatic rings. The summed E-state index contributed by atoms with van der Waals surface area (Å²) in [5.74, 6) is -0.885. The van der Waals surface area contributed by atoms with Gasteiger partial charge < -0.3 is 5.11 Å². The Morgan fingerprint density at radius 1 is 1.50 bits per heavy atom. The molecule has 0 fully saturated rings. The van der Waals surface area contributed by atoms with Gasteiger partial charge in [-0.2, -0.15) is 0 Å². The summed E-state index contributed by atoms with van der Waals surface area (Å²) in [5.41, 5.74) is 2.36. The van der Waals surface area contributed by atoms with E-state index in [0.29, 0.717) is 12.1 Å². The molecule has 1 heterocycles. The van der Waals surface area contributed by atoms with Gasteiger partial charge in [0.1, 0.15) is 0 Å². The van der Waals surface area contributed by atoms with Gasteiger partial charge in [0.2, 0.25) is 0 Å². The lowest BCUT2D eigenvalue weighted by Crippen LogP contribution is -1.97. The van der Waals surface area contributed by atoms with Crippen molar-refractivity contribution in [2.75, 3.05) is 0 Å². The molecule has 0 unspecified atom stereocenters. The van der Waals surface area contributed by atoms with Crippen LogP contribution < -0.4 is 0 Å². The molecular formula is C9H7NO2. The summed E-state index contributed by atoms with van der Waals surface area (Å²) >= 11 is 0. The zero-order valence-electron chi connectivity index (χ0n) is 6.32. The SMILES string of the molecule is O=C(O)c1ccc2c(c1)CN=C2. The third kappa shape index (κ3) is 0.993. The number of aromatic carboxylic acids is 1. The Balaban J connectivity index is 2.49. The van der Waals surface area contributed by atoms with Crippen molar-refractivity contribution in [3.8, 4) is 0 Å². The van der Waals surface area contributed by atoms with Gasteiger partial charge in [-0.15, -0.1) is 0 Å². The molecule has 0 bridgehead atoms. The molecule has 0 amide bonds. The fourth-order valence-corrected chi connectivity index (χ4v) is 1.24. The van der Waals surface area contributed by atoms with Crippen molar-refractivity contribution in [3.05, 3.63) is 34.9 Å². The number of rotatable bonds is 1. The van der Waals surface area contributed by atoms with Crippen LogP contribution in [0.5, 0.6) is 0 Å². The highest BCUT2D eigenvalue weighted by molar-refractivity contribution is 5.91. The van der Waals surface area contributed by atoms with Crippen LogP contribution in [0, 0.1) is 0 Å². The van der Waals surface area contributed by atoms with E-state index in [2.05, 4.69) is 4.99 Å². The predicted molar refractivity (Wildman–Crippen MR) is 44.7 cm³/mol. The zero-order chi connectivity index (χ0) is 8.55. The lowest BCUT2D eigenvalue weighted by atomic mass is 10.1. The second-order valence-electron chi connectivity index (χ2n) is 2.69. The van der Waals surface area contributed by atoms with Crippen molar-refractivity contribution in [2.45, 2.75) is 6.54 Å². The summed E-state index contributed by atoms with van der Waals surface area (Å²) in [6.07, 6.45) is 1.76. The van der Waals surface area contributed by atoms with Crippen molar-refractivity contribution in [2.24, 2.45) is 4.99 Å². The Bertz CT molecular complexity index is 369. The van der Waals surface area contributed by atoms with Gasteiger partial charge in [0.25, 0.3) is 0 Å². The van der Waals surface area contributed by atoms with Crippen molar-refractivity contribution < 1.29 is 9.90 Å². The van der Waals surface area contributed by atoms with Crippen LogP contribution in [-0.2, 0) is 6.54 Å². The minimum Gasteiger partial charge on any atom is -0.478 e. The molecule has 2 rings (SSSR count). The number of hydrogen-bond acceptors (Lipinski definition) is 2. The molecule has 0 aromatic heterocycles. The van der Waals surface area contributed by atoms with Crippen LogP contribution in [0.1, 0.15) is 21.5 Å². The topological polar surface area (TPSA) is 49.7 Å². The zero-order valence-corrected chi connectivity index (χ0v) is 6.32. The molecule has 60 valence electrons. The maximum Gasteiger partial charge on any atom is 0.335 e. The lowest BCUT2D eigenvalue weighted by molar-refractivity contribution is 0.0697. The molecule has 0 radical (unpaired) electrons. The Morgan fingerprint density at radius 3 is 3.08 bits per heavy atom. The molecule has 0 atom stereocenters. The van der Waals surface area contributed by atoms with Gasteiger partial charge in [-0.1, -0.05) is 6.07 Å². The summed E-state index contributed by atoms with van der Waals surface area (Å²) in [6.45, 7) is 0.608. The summed E-state index contributed by atoms with van der Waals surface area (Å²) in [6, 6.07) is 5.05. The summed E-state index contributed by atoms with van der Waals surface area (Å²) in [5, 5.41) is 8.68. The molecule has 0 saturated heterocycles. The molecule has 1 N–H and O–H groups in total. The van der Waals surface area contributed by atoms with E-state index in [1.165, 1.54) is 0 Å². The average molecular weight is 161 g/mol. The fourth-order valence-electron chi connectivity index (χ4n) is 1.24. The van der Waals surface area contributed by atoms with Crippen LogP contribution in [0.3, 0.4) is 0 Å². The normalized spacial score (nSPS) is 13.0. The Kier molecular flexibility index (Phi) is 1.43. The Morgan fingerprint density at radius 2 is 2.33 bits per heavy atom. The number of carbonyl (C=O) groups is 1. The quantitative estimate of drug-likeness (QED) is 0.675. The summed E-state index contributed by atoms with van der Waals surface area (Å²) in [7, 11) is 0. The molecule has 12 heavy (non-hydrogen) atoms. The number of carboxylic acid groups (broad SMARTS) is 1. The third-order valence-electron chi connectivity index (χ3n) is 1.88. The van der Waals surface area contributed by atoms with Crippen LogP contribution in [-0.4, -0.2) is 17.3 Å². The molecule has 3 nitrogen and oxygen atoms in total. The minimum atomic E-state index is -0.885. The van der Waals surface area contributed by atoms with Crippen LogP contribution in [0.15, 0.2) is 23.2 Å². The highest BCUT2D eigenvalue weighted by Crippen LogP contribution is 2.16. The maximum atomic E-state index is 10.6. The molecule has 3 heteroatoms. The van der Waals surface area contributed by atoms with Gasteiger partial charge in [-0.25, -0.2) is 4.79 Å². The number of carboxylic acids is 1. The van der Waals surface area contributed by atoms with E-state index in [-0.39, 0.29) is 0 Å². The van der Waals surface area contributed by atoms with Crippen molar-refractivity contribution >= 4 is 12.2 Å². The first-order valence-electron chi connectivity index (χ1n) is 3.63. The van der Waals surface area contributed by atoms with Crippen LogP contribution >= 0.6 is 0 Å². The number of aliphatic imine (C=N–C) groups is 1. The Hall–Kier alpha value is -1.64. The van der Waals surface area contributed by atoms with E-state index in [9.17, 15) is 4.79 Å². The first-order valence-corrected chi connectivity index (χ1v) is 3.63. The number of fused-ring (bicyclic) bond motifs is 1. The first-order chi connectivity index (χ1) is 5.77. The second kappa shape index (κ2) is 2.44. The number of hydrogen-bond donors (Lipinski definition) is 1. The Labute approximate surface area is 69.4 Å². The van der Waals surface area contributed by atoms with Gasteiger partial charge >= 0.3 is 5.97 Å². The van der Waals surface area contributed by atoms with Gasteiger partial charge in [0.05, 0.1) is 12.1 Å². The average Bonchev–Trinajstić information content (AvgIpc) is 2.49. The van der Waals surface area contributed by atoms with E-state index in [4.69, 9.17) is 5.11 Å². The van der Waals surface area contributed by atoms with Crippen LogP contribution in [0.4, 0.5) is 0 Å². The molecule has 1 aromatic rings. The van der Waals surface area contributed by atoms with Crippen molar-refractivity contribution in [1.82, 2.24) is 0 Å². The highest BCUT2D eigenvalue weighted by atomic mass is 16.4. The molecule has 1 aliphatic heterocycles. The number of benzene rings is 1. The molecular weight excluding hydrogens is 154 g/mol. The fraction of sp³-hybridized carbons (Fsp3) is 0.111. The van der Waals surface area contributed by atoms with Crippen LogP contribution in [0.2, 0.25) is 0 Å². The summed E-state index contributed by atoms with van der Waals surface area (Å²) in [4.78, 5) is 14.6. The molecule has 0 spiro atoms. The standard InChI is InChI=1S/C9H7NO2/c11-9(12)6-1-2-7-4-10-5-8(7)3-6/h1-4H,5H2,(H,11,12). The largest absolute Gasteiger partial charge is 0.478 e. The smallest absolute Gasteiger partial charge is 0.335 e. The van der Waals surface area contributed by atoms with E-state index < -0.39 is 5.97 Å². The van der Waals surface area contributed by atoms with Gasteiger partial charge in [0, 0.05) is 6.21 Å². The minimum absolute atomic E-state index is 0.333. The van der Waals surface area contributed by atoms with Gasteiger partial charge in [0.15, 0.2) is 0 Å². The predicted octanol–water partition coefficient (Wildman–Crippen LogP) is 1.32. The molecule has 0 aliphatic carbocycles.